The van der Waals surface area contributed by atoms with Gasteiger partial charge in [-0.25, -0.2) is 4.79 Å². The van der Waals surface area contributed by atoms with Crippen molar-refractivity contribution in [2.45, 2.75) is 12.7 Å². The second-order valence-electron chi connectivity index (χ2n) is 7.71. The smallest absolute Gasteiger partial charge is 0.416 e. The molecular weight excluding hydrogens is 471 g/mol. The van der Waals surface area contributed by atoms with Crippen LogP contribution < -0.4 is 10.1 Å². The largest absolute Gasteiger partial charge is 0.457 e. The van der Waals surface area contributed by atoms with Crippen LogP contribution >= 0.6 is 11.6 Å². The quantitative estimate of drug-likeness (QED) is 0.525. The van der Waals surface area contributed by atoms with Gasteiger partial charge in [-0.3, -0.25) is 10.2 Å². The highest BCUT2D eigenvalue weighted by Gasteiger charge is 2.30. The van der Waals surface area contributed by atoms with Crippen molar-refractivity contribution in [1.82, 2.24) is 20.0 Å². The first-order chi connectivity index (χ1) is 16.3. The number of urea groups is 1. The number of hydrogen-bond donors (Lipinski definition) is 1. The first-order valence-electron chi connectivity index (χ1n) is 10.5. The summed E-state index contributed by atoms with van der Waals surface area (Å²) in [5.41, 5.74) is 0.199. The summed E-state index contributed by atoms with van der Waals surface area (Å²) in [6.45, 7) is 3.02. The Balaban J connectivity index is 1.30. The van der Waals surface area contributed by atoms with Crippen molar-refractivity contribution < 1.29 is 22.7 Å². The topological polar surface area (TPSA) is 70.6 Å². The summed E-state index contributed by atoms with van der Waals surface area (Å²) in [5.74, 6) is 0.908. The summed E-state index contributed by atoms with van der Waals surface area (Å²) >= 11 is 5.70. The van der Waals surface area contributed by atoms with Crippen LogP contribution in [0.15, 0.2) is 60.7 Å². The summed E-state index contributed by atoms with van der Waals surface area (Å²) < 4.78 is 44.5. The lowest BCUT2D eigenvalue weighted by Gasteiger charge is -2.34. The predicted octanol–water partition coefficient (Wildman–Crippen LogP) is 5.29. The van der Waals surface area contributed by atoms with Gasteiger partial charge in [0.25, 0.3) is 0 Å². The Morgan fingerprint density at radius 2 is 1.68 bits per heavy atom. The van der Waals surface area contributed by atoms with Gasteiger partial charge in [0.2, 0.25) is 0 Å². The van der Waals surface area contributed by atoms with Crippen molar-refractivity contribution in [3.63, 3.8) is 0 Å². The van der Waals surface area contributed by atoms with Crippen LogP contribution in [0.2, 0.25) is 5.15 Å². The Morgan fingerprint density at radius 3 is 2.35 bits per heavy atom. The van der Waals surface area contributed by atoms with Crippen molar-refractivity contribution in [3.8, 4) is 11.5 Å². The molecule has 1 saturated heterocycles. The Hall–Kier alpha value is -3.37. The second-order valence-corrected chi connectivity index (χ2v) is 8.10. The highest BCUT2D eigenvalue weighted by atomic mass is 35.5. The van der Waals surface area contributed by atoms with Crippen LogP contribution in [0, 0.1) is 0 Å². The maximum Gasteiger partial charge on any atom is 0.416 e. The number of alkyl halides is 3. The summed E-state index contributed by atoms with van der Waals surface area (Å²) in [6.07, 6.45) is -4.43. The molecule has 0 unspecified atom stereocenters. The molecule has 1 aliphatic heterocycles. The molecule has 4 rings (SSSR count). The third kappa shape index (κ3) is 6.36. The number of carbonyl (C=O) groups excluding carboxylic acids is 1. The van der Waals surface area contributed by atoms with Crippen LogP contribution in [0.1, 0.15) is 11.1 Å². The zero-order chi connectivity index (χ0) is 24.1. The second kappa shape index (κ2) is 10.3. The molecular formula is C23H21ClF3N5O2. The number of nitrogens with zero attached hydrogens (tertiary/aromatic N) is 4. The molecule has 0 bridgehead atoms. The standard InChI is InChI=1S/C23H21ClF3N5O2/c24-20-7-8-21(30-29-20)28-22(33)32-11-9-31(10-12-32)15-16-3-1-5-18(13-16)34-19-6-2-4-17(14-19)23(25,26)27/h1-8,13-14H,9-12,15H2,(H,28,30,33). The van der Waals surface area contributed by atoms with Crippen molar-refractivity contribution in [1.29, 1.82) is 0 Å². The summed E-state index contributed by atoms with van der Waals surface area (Å²) in [6, 6.07) is 14.9. The molecule has 1 N–H and O–H groups in total. The maximum atomic E-state index is 12.9. The number of amides is 2. The van der Waals surface area contributed by atoms with Crippen LogP contribution in [0.3, 0.4) is 0 Å². The number of hydrogen-bond acceptors (Lipinski definition) is 5. The molecule has 0 saturated carbocycles. The Labute approximate surface area is 199 Å². The van der Waals surface area contributed by atoms with E-state index in [1.54, 1.807) is 35.2 Å². The Kier molecular flexibility index (Phi) is 7.18. The van der Waals surface area contributed by atoms with Crippen molar-refractivity contribution in [2.75, 3.05) is 31.5 Å². The molecule has 2 heterocycles. The van der Waals surface area contributed by atoms with Gasteiger partial charge in [-0.1, -0.05) is 29.8 Å². The number of nitrogens with one attached hydrogen (secondary N) is 1. The molecule has 2 amide bonds. The fraction of sp³-hybridized carbons (Fsp3) is 0.261. The third-order valence-corrected chi connectivity index (χ3v) is 5.43. The van der Waals surface area contributed by atoms with Gasteiger partial charge in [-0.15, -0.1) is 10.2 Å². The SMILES string of the molecule is O=C(Nc1ccc(Cl)nn1)N1CCN(Cc2cccc(Oc3cccc(C(F)(F)F)c3)c2)CC1. The van der Waals surface area contributed by atoms with E-state index in [-0.39, 0.29) is 16.9 Å². The van der Waals surface area contributed by atoms with E-state index in [9.17, 15) is 18.0 Å². The lowest BCUT2D eigenvalue weighted by molar-refractivity contribution is -0.137. The molecule has 2 aromatic carbocycles. The molecule has 7 nitrogen and oxygen atoms in total. The van der Waals surface area contributed by atoms with Gasteiger partial charge in [0.1, 0.15) is 11.5 Å². The van der Waals surface area contributed by atoms with E-state index in [0.717, 1.165) is 17.7 Å². The molecule has 1 aliphatic rings. The Morgan fingerprint density at radius 1 is 0.971 bits per heavy atom. The normalized spacial score (nSPS) is 14.6. The summed E-state index contributed by atoms with van der Waals surface area (Å²) in [7, 11) is 0. The number of aromatic nitrogens is 2. The van der Waals surface area contributed by atoms with Crippen LogP contribution in [0.25, 0.3) is 0 Å². The number of anilines is 1. The Bertz CT molecular complexity index is 1140. The van der Waals surface area contributed by atoms with E-state index < -0.39 is 11.7 Å². The fourth-order valence-corrected chi connectivity index (χ4v) is 3.62. The fourth-order valence-electron chi connectivity index (χ4n) is 3.52. The third-order valence-electron chi connectivity index (χ3n) is 5.23. The van der Waals surface area contributed by atoms with Gasteiger partial charge in [0, 0.05) is 32.7 Å². The molecule has 3 aromatic rings. The molecule has 1 aromatic heterocycles. The molecule has 0 aliphatic carbocycles. The van der Waals surface area contributed by atoms with E-state index in [1.165, 1.54) is 12.1 Å². The van der Waals surface area contributed by atoms with Gasteiger partial charge < -0.3 is 9.64 Å². The molecule has 1 fully saturated rings. The summed E-state index contributed by atoms with van der Waals surface area (Å²) in [4.78, 5) is 16.3. The van der Waals surface area contributed by atoms with Gasteiger partial charge >= 0.3 is 12.2 Å². The minimum absolute atomic E-state index is 0.122. The predicted molar refractivity (Wildman–Crippen MR) is 121 cm³/mol. The van der Waals surface area contributed by atoms with Crippen LogP contribution in [0.4, 0.5) is 23.8 Å². The number of ether oxygens (including phenoxy) is 1. The first-order valence-corrected chi connectivity index (χ1v) is 10.9. The monoisotopic (exact) mass is 491 g/mol. The lowest BCUT2D eigenvalue weighted by Crippen LogP contribution is -2.49. The van der Waals surface area contributed by atoms with E-state index >= 15 is 0 Å². The van der Waals surface area contributed by atoms with Gasteiger partial charge in [-0.2, -0.15) is 13.2 Å². The molecule has 0 radical (unpaired) electrons. The van der Waals surface area contributed by atoms with E-state index in [2.05, 4.69) is 20.4 Å². The van der Waals surface area contributed by atoms with E-state index in [4.69, 9.17) is 16.3 Å². The van der Waals surface area contributed by atoms with Gasteiger partial charge in [0.15, 0.2) is 11.0 Å². The van der Waals surface area contributed by atoms with E-state index in [1.807, 2.05) is 6.07 Å². The zero-order valence-corrected chi connectivity index (χ0v) is 18.7. The number of halogens is 4. The minimum Gasteiger partial charge on any atom is -0.457 e. The minimum atomic E-state index is -4.43. The number of rotatable bonds is 5. The lowest BCUT2D eigenvalue weighted by atomic mass is 10.2. The number of benzene rings is 2. The highest BCUT2D eigenvalue weighted by molar-refractivity contribution is 6.29. The zero-order valence-electron chi connectivity index (χ0n) is 17.9. The van der Waals surface area contributed by atoms with Gasteiger partial charge in [0.05, 0.1) is 5.56 Å². The molecule has 0 atom stereocenters. The van der Waals surface area contributed by atoms with Crippen molar-refractivity contribution in [2.24, 2.45) is 0 Å². The molecule has 11 heteroatoms. The average Bonchev–Trinajstić information content (AvgIpc) is 2.81. The van der Waals surface area contributed by atoms with E-state index in [0.29, 0.717) is 44.3 Å². The van der Waals surface area contributed by atoms with Crippen LogP contribution in [-0.4, -0.2) is 52.2 Å². The molecule has 178 valence electrons. The maximum absolute atomic E-state index is 12.9. The molecule has 0 spiro atoms. The highest BCUT2D eigenvalue weighted by Crippen LogP contribution is 2.32. The number of carbonyl (C=O) groups is 1. The average molecular weight is 492 g/mol. The van der Waals surface area contributed by atoms with Crippen molar-refractivity contribution in [3.05, 3.63) is 76.9 Å². The van der Waals surface area contributed by atoms with Crippen LogP contribution in [0.5, 0.6) is 11.5 Å². The van der Waals surface area contributed by atoms with Crippen molar-refractivity contribution >= 4 is 23.4 Å². The van der Waals surface area contributed by atoms with Gasteiger partial charge in [-0.05, 0) is 48.0 Å². The first kappa shape index (κ1) is 23.8. The molecule has 34 heavy (non-hydrogen) atoms. The number of piperazine rings is 1. The van der Waals surface area contributed by atoms with Crippen LogP contribution in [-0.2, 0) is 12.7 Å². The summed E-state index contributed by atoms with van der Waals surface area (Å²) in [5, 5.41) is 10.5.